The quantitative estimate of drug-likeness (QED) is 0.468. The molecule has 4 nitrogen and oxygen atoms in total. The summed E-state index contributed by atoms with van der Waals surface area (Å²) in [6, 6.07) is 0. The normalized spacial score (nSPS) is 7.43. The molecule has 0 aliphatic rings. The second-order valence-electron chi connectivity index (χ2n) is 0.857. The number of aromatic nitrogens is 3. The van der Waals surface area contributed by atoms with E-state index in [0.717, 1.165) is 0 Å². The molecule has 7 heavy (non-hydrogen) atoms. The van der Waals surface area contributed by atoms with Crippen molar-refractivity contribution in [3.05, 3.63) is 6.33 Å². The minimum absolute atomic E-state index is 0. The standard InChI is InChI=1S/C2H4N4.FH/c3-2-4-1-5-6-2;/h1H,(H3,3,4,5,6);1H. The molecule has 0 aliphatic heterocycles. The maximum Gasteiger partial charge on any atom is 0.239 e. The second kappa shape index (κ2) is 2.12. The largest absolute Gasteiger partial charge is 0.367 e. The zero-order valence-electron chi connectivity index (χ0n) is 3.46. The molecule has 1 aromatic rings. The summed E-state index contributed by atoms with van der Waals surface area (Å²) < 4.78 is 0. The van der Waals surface area contributed by atoms with Crippen LogP contribution >= 0.6 is 0 Å². The Morgan fingerprint density at radius 2 is 2.43 bits per heavy atom. The number of hydrogen-bond acceptors (Lipinski definition) is 3. The van der Waals surface area contributed by atoms with Gasteiger partial charge in [0, 0.05) is 0 Å². The molecule has 3 N–H and O–H groups in total. The van der Waals surface area contributed by atoms with Crippen molar-refractivity contribution >= 4 is 5.95 Å². The van der Waals surface area contributed by atoms with E-state index in [1.807, 2.05) is 0 Å². The van der Waals surface area contributed by atoms with E-state index in [4.69, 9.17) is 5.73 Å². The van der Waals surface area contributed by atoms with E-state index in [1.54, 1.807) is 0 Å². The van der Waals surface area contributed by atoms with Crippen LogP contribution in [0.15, 0.2) is 6.33 Å². The molecule has 5 heteroatoms. The molecule has 0 unspecified atom stereocenters. The molecule has 0 aliphatic carbocycles. The Bertz CT molecular complexity index is 113. The van der Waals surface area contributed by atoms with Gasteiger partial charge in [-0.15, -0.1) is 5.10 Å². The molecule has 0 aromatic carbocycles. The van der Waals surface area contributed by atoms with Gasteiger partial charge in [0.05, 0.1) is 0 Å². The highest BCUT2D eigenvalue weighted by Gasteiger charge is 1.76. The van der Waals surface area contributed by atoms with Gasteiger partial charge in [-0.25, -0.2) is 4.98 Å². The van der Waals surface area contributed by atoms with E-state index in [1.165, 1.54) is 6.33 Å². The molecule has 40 valence electrons. The van der Waals surface area contributed by atoms with Gasteiger partial charge in [-0.05, 0) is 0 Å². The fourth-order valence-electron chi connectivity index (χ4n) is 0.219. The molecule has 1 aromatic heterocycles. The third kappa shape index (κ3) is 1.16. The van der Waals surface area contributed by atoms with Gasteiger partial charge in [-0.2, -0.15) is 0 Å². The third-order valence-electron chi connectivity index (χ3n) is 0.434. The summed E-state index contributed by atoms with van der Waals surface area (Å²) in [6.07, 6.45) is 1.43. The first kappa shape index (κ1) is 5.87. The van der Waals surface area contributed by atoms with Crippen LogP contribution in [0.5, 0.6) is 0 Å². The monoisotopic (exact) mass is 104 g/mol. The number of halogens is 1. The van der Waals surface area contributed by atoms with E-state index in [-0.39, 0.29) is 10.7 Å². The summed E-state index contributed by atoms with van der Waals surface area (Å²) in [5.41, 5.74) is 5.02. The summed E-state index contributed by atoms with van der Waals surface area (Å²) in [6.45, 7) is 0. The van der Waals surface area contributed by atoms with Crippen LogP contribution in [0.2, 0.25) is 0 Å². The van der Waals surface area contributed by atoms with Crippen LogP contribution in [0.3, 0.4) is 0 Å². The first-order chi connectivity index (χ1) is 2.89. The molecule has 0 atom stereocenters. The molecular formula is C2H5FN4. The fourth-order valence-corrected chi connectivity index (χ4v) is 0.219. The van der Waals surface area contributed by atoms with Crippen LogP contribution in [-0.2, 0) is 0 Å². The third-order valence-corrected chi connectivity index (χ3v) is 0.434. The number of nitrogen functional groups attached to an aromatic ring is 1. The van der Waals surface area contributed by atoms with E-state index in [9.17, 15) is 0 Å². The lowest BCUT2D eigenvalue weighted by molar-refractivity contribution is 1.10. The fraction of sp³-hybridized carbons (Fsp3) is 0. The minimum Gasteiger partial charge on any atom is -0.367 e. The molecule has 1 rings (SSSR count). The van der Waals surface area contributed by atoms with Gasteiger partial charge in [0.1, 0.15) is 6.33 Å². The SMILES string of the molecule is F.Nc1nc[nH]n1. The molecule has 0 spiro atoms. The molecule has 1 heterocycles. The maximum atomic E-state index is 5.02. The molecule has 0 fully saturated rings. The van der Waals surface area contributed by atoms with Crippen molar-refractivity contribution in [3.63, 3.8) is 0 Å². The van der Waals surface area contributed by atoms with Crippen molar-refractivity contribution in [3.8, 4) is 0 Å². The second-order valence-corrected chi connectivity index (χ2v) is 0.857. The highest BCUT2D eigenvalue weighted by atomic mass is 19.0. The highest BCUT2D eigenvalue weighted by molar-refractivity contribution is 5.07. The topological polar surface area (TPSA) is 67.6 Å². The average molecular weight is 104 g/mol. The van der Waals surface area contributed by atoms with Crippen molar-refractivity contribution in [1.82, 2.24) is 15.2 Å². The number of hydrogen-bond donors (Lipinski definition) is 2. The van der Waals surface area contributed by atoms with Crippen molar-refractivity contribution in [2.24, 2.45) is 0 Å². The van der Waals surface area contributed by atoms with Crippen LogP contribution in [0.1, 0.15) is 0 Å². The predicted molar refractivity (Wildman–Crippen MR) is 23.3 cm³/mol. The van der Waals surface area contributed by atoms with Gasteiger partial charge in [-0.3, -0.25) is 9.80 Å². The van der Waals surface area contributed by atoms with Crippen LogP contribution in [-0.4, -0.2) is 15.2 Å². The summed E-state index contributed by atoms with van der Waals surface area (Å²) in [4.78, 5) is 3.53. The van der Waals surface area contributed by atoms with E-state index in [0.29, 0.717) is 0 Å². The molecule has 0 saturated carbocycles. The summed E-state index contributed by atoms with van der Waals surface area (Å²) >= 11 is 0. The molecule has 0 radical (unpaired) electrons. The summed E-state index contributed by atoms with van der Waals surface area (Å²) in [5.74, 6) is 0.287. The Kier molecular flexibility index (Phi) is 1.78. The Morgan fingerprint density at radius 1 is 1.71 bits per heavy atom. The van der Waals surface area contributed by atoms with Crippen LogP contribution in [0.25, 0.3) is 0 Å². The molecule has 0 saturated heterocycles. The molecule has 0 amide bonds. The van der Waals surface area contributed by atoms with Crippen molar-refractivity contribution < 1.29 is 4.70 Å². The van der Waals surface area contributed by atoms with Gasteiger partial charge < -0.3 is 5.73 Å². The van der Waals surface area contributed by atoms with Crippen molar-refractivity contribution in [2.75, 3.05) is 5.73 Å². The Balaban J connectivity index is 0.000000360. The van der Waals surface area contributed by atoms with E-state index >= 15 is 0 Å². The van der Waals surface area contributed by atoms with E-state index in [2.05, 4.69) is 15.2 Å². The maximum absolute atomic E-state index is 5.02. The lowest BCUT2D eigenvalue weighted by Gasteiger charge is -1.65. The smallest absolute Gasteiger partial charge is 0.239 e. The molecule has 0 bridgehead atoms. The number of aromatic amines is 1. The minimum atomic E-state index is 0. The van der Waals surface area contributed by atoms with E-state index < -0.39 is 0 Å². The zero-order valence-corrected chi connectivity index (χ0v) is 3.46. The molecular weight excluding hydrogens is 99.0 g/mol. The van der Waals surface area contributed by atoms with Gasteiger partial charge in [0.2, 0.25) is 5.95 Å². The summed E-state index contributed by atoms with van der Waals surface area (Å²) in [5, 5.41) is 5.90. The van der Waals surface area contributed by atoms with Gasteiger partial charge >= 0.3 is 0 Å². The van der Waals surface area contributed by atoms with Crippen molar-refractivity contribution in [1.29, 1.82) is 0 Å². The average Bonchev–Trinajstić information content (AvgIpc) is 1.86. The van der Waals surface area contributed by atoms with Gasteiger partial charge in [-0.1, -0.05) is 0 Å². The predicted octanol–water partition coefficient (Wildman–Crippen LogP) is -0.461. The number of nitrogens with zero attached hydrogens (tertiary/aromatic N) is 2. The number of nitrogens with two attached hydrogens (primary N) is 1. The first-order valence-electron chi connectivity index (χ1n) is 1.51. The van der Waals surface area contributed by atoms with Crippen LogP contribution in [0.4, 0.5) is 10.7 Å². The Morgan fingerprint density at radius 3 is 2.57 bits per heavy atom. The highest BCUT2D eigenvalue weighted by Crippen LogP contribution is 1.76. The number of anilines is 1. The number of H-pyrrole nitrogens is 1. The lowest BCUT2D eigenvalue weighted by Crippen LogP contribution is -1.84. The number of nitrogens with one attached hydrogen (secondary N) is 1. The number of rotatable bonds is 0. The first-order valence-corrected chi connectivity index (χ1v) is 1.51. The Hall–Kier alpha value is -1.13. The lowest BCUT2D eigenvalue weighted by atomic mass is 11.1. The Labute approximate surface area is 39.1 Å². The van der Waals surface area contributed by atoms with Gasteiger partial charge in [0.25, 0.3) is 0 Å². The summed E-state index contributed by atoms with van der Waals surface area (Å²) in [7, 11) is 0. The zero-order chi connectivity index (χ0) is 4.41. The van der Waals surface area contributed by atoms with Crippen molar-refractivity contribution in [2.45, 2.75) is 0 Å². The van der Waals surface area contributed by atoms with Crippen LogP contribution in [0, 0.1) is 0 Å². The van der Waals surface area contributed by atoms with Gasteiger partial charge in [0.15, 0.2) is 0 Å². The van der Waals surface area contributed by atoms with Crippen LogP contribution < -0.4 is 5.73 Å².